The number of carbonyl (C=O) groups is 1. The van der Waals surface area contributed by atoms with Gasteiger partial charge in [-0.3, -0.25) is 0 Å². The number of hydrogen-bond acceptors (Lipinski definition) is 4. The van der Waals surface area contributed by atoms with E-state index >= 15 is 0 Å². The molecule has 0 saturated heterocycles. The topological polar surface area (TPSA) is 35.5 Å². The molecule has 0 spiro atoms. The van der Waals surface area contributed by atoms with Crippen molar-refractivity contribution in [2.45, 2.75) is 24.8 Å². The maximum Gasteiger partial charge on any atom is 0.342 e. The average Bonchev–Trinajstić information content (AvgIpc) is 2.55. The number of rotatable bonds is 4. The van der Waals surface area contributed by atoms with E-state index in [0.29, 0.717) is 3.57 Å². The molecule has 2 aromatic rings. The predicted octanol–water partition coefficient (Wildman–Crippen LogP) is 5.49. The first-order chi connectivity index (χ1) is 11.6. The molecule has 0 saturated carbocycles. The zero-order chi connectivity index (χ0) is 18.9. The van der Waals surface area contributed by atoms with E-state index in [1.165, 1.54) is 18.2 Å². The van der Waals surface area contributed by atoms with Crippen LogP contribution in [0.25, 0.3) is 0 Å². The molecule has 0 aliphatic heterocycles. The number of halogens is 5. The first kappa shape index (κ1) is 19.8. The molecule has 0 bridgehead atoms. The number of thiol groups is 1. The van der Waals surface area contributed by atoms with Crippen molar-refractivity contribution in [2.75, 3.05) is 0 Å². The predicted molar refractivity (Wildman–Crippen MR) is 93.3 cm³/mol. The Balaban J connectivity index is 2.54. The number of benzene rings is 2. The van der Waals surface area contributed by atoms with Crippen LogP contribution in [0.3, 0.4) is 0 Å². The maximum absolute atomic E-state index is 13.9. The highest BCUT2D eigenvalue weighted by molar-refractivity contribution is 14.1. The van der Waals surface area contributed by atoms with Gasteiger partial charge >= 0.3 is 5.97 Å². The summed E-state index contributed by atoms with van der Waals surface area (Å²) in [7, 11) is 0. The standard InChI is InChI=1S/C16H11F4IO3S/c1-6(2)23-16(22)8-5-7(21)3-4-9(8)24-14-10(17)12(19)15(25)13(20)11(14)18/h3-6,25H,1-2H3. The van der Waals surface area contributed by atoms with Crippen molar-refractivity contribution in [3.05, 3.63) is 50.6 Å². The summed E-state index contributed by atoms with van der Waals surface area (Å²) in [4.78, 5) is 11.0. The summed E-state index contributed by atoms with van der Waals surface area (Å²) in [6, 6.07) is 4.08. The highest BCUT2D eigenvalue weighted by Crippen LogP contribution is 2.36. The molecule has 0 atom stereocenters. The van der Waals surface area contributed by atoms with Crippen LogP contribution in [-0.2, 0) is 4.74 Å². The first-order valence-corrected chi connectivity index (χ1v) is 8.39. The Morgan fingerprint density at radius 1 is 1.08 bits per heavy atom. The van der Waals surface area contributed by atoms with Crippen LogP contribution in [0.15, 0.2) is 23.1 Å². The summed E-state index contributed by atoms with van der Waals surface area (Å²) in [6.45, 7) is 3.23. The van der Waals surface area contributed by atoms with Crippen LogP contribution < -0.4 is 4.74 Å². The molecule has 2 aromatic carbocycles. The summed E-state index contributed by atoms with van der Waals surface area (Å²) < 4.78 is 65.7. The van der Waals surface area contributed by atoms with Gasteiger partial charge in [-0.05, 0) is 54.6 Å². The summed E-state index contributed by atoms with van der Waals surface area (Å²) in [5, 5.41) is 0. The van der Waals surface area contributed by atoms with Crippen LogP contribution in [-0.4, -0.2) is 12.1 Å². The molecule has 0 fully saturated rings. The van der Waals surface area contributed by atoms with Gasteiger partial charge in [0.1, 0.15) is 11.3 Å². The molecule has 0 heterocycles. The van der Waals surface area contributed by atoms with Crippen molar-refractivity contribution in [3.8, 4) is 11.5 Å². The van der Waals surface area contributed by atoms with Gasteiger partial charge in [-0.2, -0.15) is 8.78 Å². The molecule has 9 heteroatoms. The Kier molecular flexibility index (Phi) is 6.20. The Morgan fingerprint density at radius 2 is 1.64 bits per heavy atom. The molecular formula is C16H11F4IO3S. The largest absolute Gasteiger partial charge is 0.459 e. The molecule has 0 unspecified atom stereocenters. The van der Waals surface area contributed by atoms with Crippen LogP contribution in [0, 0.1) is 26.8 Å². The molecule has 134 valence electrons. The van der Waals surface area contributed by atoms with Crippen molar-refractivity contribution >= 4 is 41.2 Å². The van der Waals surface area contributed by atoms with Gasteiger partial charge in [-0.25, -0.2) is 13.6 Å². The SMILES string of the molecule is CC(C)OC(=O)c1cc(I)ccc1Oc1c(F)c(F)c(S)c(F)c1F. The van der Waals surface area contributed by atoms with Crippen LogP contribution >= 0.6 is 35.2 Å². The Hall–Kier alpha value is -1.49. The molecule has 3 nitrogen and oxygen atoms in total. The van der Waals surface area contributed by atoms with E-state index in [9.17, 15) is 22.4 Å². The van der Waals surface area contributed by atoms with Crippen LogP contribution in [0.5, 0.6) is 11.5 Å². The van der Waals surface area contributed by atoms with Crippen molar-refractivity contribution in [3.63, 3.8) is 0 Å². The first-order valence-electron chi connectivity index (χ1n) is 6.86. The second-order valence-corrected chi connectivity index (χ2v) is 6.82. The van der Waals surface area contributed by atoms with E-state index in [1.54, 1.807) is 13.8 Å². The van der Waals surface area contributed by atoms with Crippen molar-refractivity contribution < 1.29 is 31.8 Å². The summed E-state index contributed by atoms with van der Waals surface area (Å²) >= 11 is 5.27. The lowest BCUT2D eigenvalue weighted by Crippen LogP contribution is -2.13. The normalized spacial score (nSPS) is 10.9. The van der Waals surface area contributed by atoms with Gasteiger partial charge in [0.05, 0.1) is 11.0 Å². The summed E-state index contributed by atoms with van der Waals surface area (Å²) in [5.41, 5.74) is -0.143. The highest BCUT2D eigenvalue weighted by atomic mass is 127. The number of hydrogen-bond donors (Lipinski definition) is 1. The molecule has 0 aliphatic carbocycles. The van der Waals surface area contributed by atoms with Crippen molar-refractivity contribution in [1.29, 1.82) is 0 Å². The van der Waals surface area contributed by atoms with Gasteiger partial charge in [-0.15, -0.1) is 12.6 Å². The lowest BCUT2D eigenvalue weighted by Gasteiger charge is -2.15. The zero-order valence-corrected chi connectivity index (χ0v) is 15.9. The third kappa shape index (κ3) is 4.20. The zero-order valence-electron chi connectivity index (χ0n) is 12.9. The molecule has 0 amide bonds. The molecule has 0 radical (unpaired) electrons. The Labute approximate surface area is 159 Å². The fourth-order valence-corrected chi connectivity index (χ4v) is 2.52. The van der Waals surface area contributed by atoms with E-state index in [4.69, 9.17) is 9.47 Å². The van der Waals surface area contributed by atoms with E-state index in [0.717, 1.165) is 0 Å². The van der Waals surface area contributed by atoms with Gasteiger partial charge in [0.25, 0.3) is 0 Å². The van der Waals surface area contributed by atoms with Gasteiger partial charge in [0, 0.05) is 3.57 Å². The molecule has 0 aromatic heterocycles. The van der Waals surface area contributed by atoms with Crippen LogP contribution in [0.1, 0.15) is 24.2 Å². The van der Waals surface area contributed by atoms with Gasteiger partial charge < -0.3 is 9.47 Å². The third-order valence-corrected chi connectivity index (χ3v) is 3.98. The number of esters is 1. The minimum atomic E-state index is -1.76. The van der Waals surface area contributed by atoms with Crippen molar-refractivity contribution in [2.24, 2.45) is 0 Å². The van der Waals surface area contributed by atoms with Gasteiger partial charge in [0.15, 0.2) is 11.6 Å². The number of carbonyl (C=O) groups excluding carboxylic acids is 1. The van der Waals surface area contributed by atoms with Crippen LogP contribution in [0.4, 0.5) is 17.6 Å². The van der Waals surface area contributed by atoms with E-state index in [2.05, 4.69) is 12.6 Å². The van der Waals surface area contributed by atoms with Crippen LogP contribution in [0.2, 0.25) is 0 Å². The Bertz CT molecular complexity index is 814. The fourth-order valence-electron chi connectivity index (χ4n) is 1.83. The van der Waals surface area contributed by atoms with E-state index in [-0.39, 0.29) is 11.3 Å². The maximum atomic E-state index is 13.9. The monoisotopic (exact) mass is 486 g/mol. The lowest BCUT2D eigenvalue weighted by molar-refractivity contribution is 0.0375. The minimum Gasteiger partial charge on any atom is -0.459 e. The van der Waals surface area contributed by atoms with Gasteiger partial charge in [-0.1, -0.05) is 0 Å². The fraction of sp³-hybridized carbons (Fsp3) is 0.188. The molecular weight excluding hydrogens is 475 g/mol. The summed E-state index contributed by atoms with van der Waals surface area (Å²) in [5.74, 6) is -9.35. The second kappa shape index (κ2) is 7.81. The highest BCUT2D eigenvalue weighted by Gasteiger charge is 2.27. The average molecular weight is 486 g/mol. The van der Waals surface area contributed by atoms with E-state index < -0.39 is 46.0 Å². The molecule has 25 heavy (non-hydrogen) atoms. The van der Waals surface area contributed by atoms with E-state index in [1.807, 2.05) is 22.6 Å². The number of ether oxygens (including phenoxy) is 2. The minimum absolute atomic E-state index is 0.143. The quantitative estimate of drug-likeness (QED) is 0.204. The van der Waals surface area contributed by atoms with Crippen molar-refractivity contribution in [1.82, 2.24) is 0 Å². The smallest absolute Gasteiger partial charge is 0.342 e. The summed E-state index contributed by atoms with van der Waals surface area (Å²) in [6.07, 6.45) is -0.454. The third-order valence-electron chi connectivity index (χ3n) is 2.92. The second-order valence-electron chi connectivity index (χ2n) is 5.13. The molecule has 0 aliphatic rings. The van der Waals surface area contributed by atoms with Gasteiger partial charge in [0.2, 0.25) is 17.4 Å². The molecule has 2 rings (SSSR count). The lowest BCUT2D eigenvalue weighted by atomic mass is 10.2. The Morgan fingerprint density at radius 3 is 2.16 bits per heavy atom. The molecule has 0 N–H and O–H groups in total.